The topological polar surface area (TPSA) is 91.7 Å². The van der Waals surface area contributed by atoms with Gasteiger partial charge in [-0.25, -0.2) is 8.42 Å². The number of allylic oxidation sites excluding steroid dienone is 8. The Bertz CT molecular complexity index is 1110. The Morgan fingerprint density at radius 1 is 0.769 bits per heavy atom. The summed E-state index contributed by atoms with van der Waals surface area (Å²) in [6, 6.07) is 0. The molecule has 39 heavy (non-hydrogen) atoms. The molecule has 0 bridgehead atoms. The molecule has 0 aromatic heterocycles. The van der Waals surface area contributed by atoms with Gasteiger partial charge in [-0.2, -0.15) is 0 Å². The second kappa shape index (κ2) is 13.4. The molecule has 0 amide bonds. The van der Waals surface area contributed by atoms with Crippen molar-refractivity contribution >= 4 is 27.6 Å². The van der Waals surface area contributed by atoms with Crippen molar-refractivity contribution in [2.45, 2.75) is 107 Å². The Kier molecular flexibility index (Phi) is 11.6. The van der Waals surface area contributed by atoms with Gasteiger partial charge in [-0.15, -0.1) is 0 Å². The minimum absolute atomic E-state index is 0.0906. The lowest BCUT2D eigenvalue weighted by molar-refractivity contribution is -0.147. The first-order valence-electron chi connectivity index (χ1n) is 14.1. The van der Waals surface area contributed by atoms with Crippen molar-refractivity contribution in [1.29, 1.82) is 0 Å². The van der Waals surface area contributed by atoms with E-state index in [1.54, 1.807) is 13.8 Å². The molecule has 5 nitrogen and oxygen atoms in total. The SMILES string of the molecule is CC1(C)C=C(C=CC2=CC(C)(C)C=C(CCCCC(C)(C)C(=O)O)S2=O)S(=O)C(CCCCC(C)(C)CO)=C1. The van der Waals surface area contributed by atoms with Gasteiger partial charge in [0, 0.05) is 37.1 Å². The fourth-order valence-corrected chi connectivity index (χ4v) is 8.12. The molecule has 0 fully saturated rings. The highest BCUT2D eigenvalue weighted by Crippen LogP contribution is 2.38. The van der Waals surface area contributed by atoms with Crippen LogP contribution in [0.1, 0.15) is 107 Å². The average molecular weight is 579 g/mol. The quantitative estimate of drug-likeness (QED) is 0.204. The van der Waals surface area contributed by atoms with E-state index in [-0.39, 0.29) is 22.9 Å². The van der Waals surface area contributed by atoms with E-state index in [1.807, 2.05) is 24.3 Å². The summed E-state index contributed by atoms with van der Waals surface area (Å²) in [7, 11) is -2.55. The summed E-state index contributed by atoms with van der Waals surface area (Å²) in [5.41, 5.74) is -1.32. The molecule has 2 rings (SSSR count). The van der Waals surface area contributed by atoms with E-state index in [4.69, 9.17) is 0 Å². The van der Waals surface area contributed by atoms with Gasteiger partial charge in [0.25, 0.3) is 0 Å². The maximum absolute atomic E-state index is 13.4. The molecule has 0 saturated carbocycles. The Balaban J connectivity index is 2.08. The minimum Gasteiger partial charge on any atom is -0.481 e. The van der Waals surface area contributed by atoms with Gasteiger partial charge >= 0.3 is 5.97 Å². The normalized spacial score (nSPS) is 23.2. The smallest absolute Gasteiger partial charge is 0.309 e. The number of carbonyl (C=O) groups is 1. The third kappa shape index (κ3) is 10.4. The number of carboxylic acid groups (broad SMARTS) is 1. The average Bonchev–Trinajstić information content (AvgIpc) is 2.82. The van der Waals surface area contributed by atoms with Crippen LogP contribution in [-0.4, -0.2) is 31.2 Å². The lowest BCUT2D eigenvalue weighted by Gasteiger charge is -2.26. The number of hydrogen-bond acceptors (Lipinski definition) is 4. The van der Waals surface area contributed by atoms with Crippen LogP contribution in [0, 0.1) is 21.7 Å². The predicted molar refractivity (Wildman–Crippen MR) is 165 cm³/mol. The Morgan fingerprint density at radius 3 is 1.56 bits per heavy atom. The lowest BCUT2D eigenvalue weighted by atomic mass is 9.87. The van der Waals surface area contributed by atoms with E-state index in [0.29, 0.717) is 12.8 Å². The largest absolute Gasteiger partial charge is 0.481 e. The summed E-state index contributed by atoms with van der Waals surface area (Å²) in [6.07, 6.45) is 18.4. The summed E-state index contributed by atoms with van der Waals surface area (Å²) in [6.45, 7) is 16.2. The van der Waals surface area contributed by atoms with Crippen molar-refractivity contribution < 1.29 is 23.4 Å². The Labute approximate surface area is 241 Å². The third-order valence-corrected chi connectivity index (χ3v) is 10.4. The summed E-state index contributed by atoms with van der Waals surface area (Å²) in [4.78, 5) is 14.7. The second-order valence-electron chi connectivity index (χ2n) is 13.8. The van der Waals surface area contributed by atoms with Crippen molar-refractivity contribution in [2.75, 3.05) is 6.61 Å². The molecule has 0 spiro atoms. The van der Waals surface area contributed by atoms with Crippen LogP contribution in [-0.2, 0) is 26.4 Å². The molecule has 0 aromatic carbocycles. The summed E-state index contributed by atoms with van der Waals surface area (Å²) < 4.78 is 26.9. The number of aliphatic hydroxyl groups is 1. The van der Waals surface area contributed by atoms with E-state index < -0.39 is 33.0 Å². The van der Waals surface area contributed by atoms with Crippen LogP contribution in [0.5, 0.6) is 0 Å². The van der Waals surface area contributed by atoms with Crippen LogP contribution >= 0.6 is 0 Å². The van der Waals surface area contributed by atoms with Crippen molar-refractivity contribution in [2.24, 2.45) is 21.7 Å². The first-order chi connectivity index (χ1) is 17.9. The number of unbranched alkanes of at least 4 members (excludes halogenated alkanes) is 2. The van der Waals surface area contributed by atoms with E-state index in [0.717, 1.165) is 58.1 Å². The summed E-state index contributed by atoms with van der Waals surface area (Å²) >= 11 is 0. The molecule has 2 atom stereocenters. The van der Waals surface area contributed by atoms with Gasteiger partial charge in [0.2, 0.25) is 0 Å². The molecular formula is C32H50O5S2. The van der Waals surface area contributed by atoms with Crippen molar-refractivity contribution in [3.63, 3.8) is 0 Å². The summed E-state index contributed by atoms with van der Waals surface area (Å²) in [5.74, 6) is -0.791. The molecule has 7 heteroatoms. The monoisotopic (exact) mass is 578 g/mol. The van der Waals surface area contributed by atoms with E-state index >= 15 is 0 Å². The van der Waals surface area contributed by atoms with Gasteiger partial charge in [-0.3, -0.25) is 4.79 Å². The van der Waals surface area contributed by atoms with Crippen LogP contribution in [0.4, 0.5) is 0 Å². The molecule has 2 aliphatic rings. The van der Waals surface area contributed by atoms with Gasteiger partial charge in [0.15, 0.2) is 0 Å². The fourth-order valence-electron chi connectivity index (χ4n) is 4.83. The van der Waals surface area contributed by atoms with Gasteiger partial charge in [-0.1, -0.05) is 78.7 Å². The van der Waals surface area contributed by atoms with Gasteiger partial charge in [-0.05, 0) is 69.9 Å². The number of aliphatic hydroxyl groups excluding tert-OH is 1. The van der Waals surface area contributed by atoms with Crippen LogP contribution < -0.4 is 0 Å². The zero-order valence-electron chi connectivity index (χ0n) is 25.3. The standard InChI is InChI=1S/C32H50O5S2/c1-29(2,23-33)17-11-9-13-24-19-30(3,4)21-26(38(24)36)15-16-27-22-31(5,6)20-25(39(27)37)14-10-12-18-32(7,8)28(34)35/h15-16,19-22,33H,9-14,17-18,23H2,1-8H3,(H,34,35). The van der Waals surface area contributed by atoms with Gasteiger partial charge in [0.05, 0.1) is 27.0 Å². The van der Waals surface area contributed by atoms with E-state index in [9.17, 15) is 23.4 Å². The molecular weight excluding hydrogens is 528 g/mol. The molecule has 2 N–H and O–H groups in total. The zero-order valence-corrected chi connectivity index (χ0v) is 26.9. The van der Waals surface area contributed by atoms with Gasteiger partial charge in [0.1, 0.15) is 0 Å². The molecule has 0 radical (unpaired) electrons. The number of aliphatic carboxylic acids is 1. The van der Waals surface area contributed by atoms with Crippen LogP contribution in [0.3, 0.4) is 0 Å². The number of hydrogen-bond donors (Lipinski definition) is 2. The van der Waals surface area contributed by atoms with E-state index in [1.165, 1.54) is 0 Å². The highest BCUT2D eigenvalue weighted by atomic mass is 32.2. The van der Waals surface area contributed by atoms with Crippen LogP contribution in [0.25, 0.3) is 0 Å². The van der Waals surface area contributed by atoms with Gasteiger partial charge < -0.3 is 10.2 Å². The van der Waals surface area contributed by atoms with Crippen molar-refractivity contribution in [3.05, 3.63) is 56.1 Å². The molecule has 2 heterocycles. The maximum Gasteiger partial charge on any atom is 0.309 e. The zero-order chi connectivity index (χ0) is 29.6. The third-order valence-electron chi connectivity index (χ3n) is 7.42. The highest BCUT2D eigenvalue weighted by molar-refractivity contribution is 7.93. The second-order valence-corrected chi connectivity index (χ2v) is 16.8. The minimum atomic E-state index is -1.30. The molecule has 0 aliphatic carbocycles. The number of carboxylic acids is 1. The predicted octanol–water partition coefficient (Wildman–Crippen LogP) is 7.91. The first-order valence-corrected chi connectivity index (χ1v) is 16.4. The van der Waals surface area contributed by atoms with Crippen LogP contribution in [0.2, 0.25) is 0 Å². The fraction of sp³-hybridized carbons (Fsp3) is 0.656. The van der Waals surface area contributed by atoms with E-state index in [2.05, 4.69) is 53.7 Å². The molecule has 2 aliphatic heterocycles. The Morgan fingerprint density at radius 2 is 1.18 bits per heavy atom. The number of rotatable bonds is 14. The molecule has 0 saturated heterocycles. The first kappa shape index (κ1) is 33.6. The molecule has 220 valence electrons. The molecule has 2 unspecified atom stereocenters. The lowest BCUT2D eigenvalue weighted by Crippen LogP contribution is -2.23. The summed E-state index contributed by atoms with van der Waals surface area (Å²) in [5, 5.41) is 18.8. The Hall–Kier alpha value is -1.57. The molecule has 0 aromatic rings. The maximum atomic E-state index is 13.4. The van der Waals surface area contributed by atoms with Crippen molar-refractivity contribution in [1.82, 2.24) is 0 Å². The van der Waals surface area contributed by atoms with Crippen LogP contribution in [0.15, 0.2) is 56.1 Å². The van der Waals surface area contributed by atoms with Crippen molar-refractivity contribution in [3.8, 4) is 0 Å². The highest BCUT2D eigenvalue weighted by Gasteiger charge is 2.29.